The summed E-state index contributed by atoms with van der Waals surface area (Å²) in [7, 11) is 13.8. The summed E-state index contributed by atoms with van der Waals surface area (Å²) >= 11 is 0. The van der Waals surface area contributed by atoms with E-state index in [0.717, 1.165) is 0 Å². The van der Waals surface area contributed by atoms with Gasteiger partial charge in [0.15, 0.2) is 13.5 Å². The summed E-state index contributed by atoms with van der Waals surface area (Å²) in [6.07, 6.45) is 0. The lowest BCUT2D eigenvalue weighted by Gasteiger charge is -2.42. The van der Waals surface area contributed by atoms with Gasteiger partial charge in [0.05, 0.1) is 15.7 Å². The number of carboxylic acids is 1. The van der Waals surface area contributed by atoms with Gasteiger partial charge in [-0.1, -0.05) is 0 Å². The number of carbonyl (C=O) groups is 1. The van der Waals surface area contributed by atoms with Crippen LogP contribution in [-0.2, 0) is 4.79 Å². The third kappa shape index (κ3) is 1.88. The lowest BCUT2D eigenvalue weighted by Crippen LogP contribution is -2.64. The van der Waals surface area contributed by atoms with E-state index < -0.39 is 22.7 Å². The largest absolute Gasteiger partial charge is 0.482 e. The zero-order valence-electron chi connectivity index (χ0n) is 6.38. The fourth-order valence-corrected chi connectivity index (χ4v) is 0.454. The summed E-state index contributed by atoms with van der Waals surface area (Å²) in [5.74, 6) is -5.87. The van der Waals surface area contributed by atoms with Crippen LogP contribution >= 0.6 is 0 Å². The van der Waals surface area contributed by atoms with Gasteiger partial charge in [0.25, 0.3) is 5.97 Å². The molecule has 0 rings (SSSR count). The Labute approximate surface area is 77.4 Å². The highest BCUT2D eigenvalue weighted by Gasteiger charge is 2.56. The molecule has 0 saturated heterocycles. The van der Waals surface area contributed by atoms with Crippen LogP contribution in [0.15, 0.2) is 0 Å². The van der Waals surface area contributed by atoms with Crippen molar-refractivity contribution in [3.63, 3.8) is 0 Å². The minimum atomic E-state index is -3.80. The van der Waals surface area contributed by atoms with Gasteiger partial charge in [-0.2, -0.15) is 0 Å². The normalized spacial score (nSPS) is 14.2. The first-order chi connectivity index (χ1) is 5.44. The molecule has 66 valence electrons. The van der Waals surface area contributed by atoms with Crippen molar-refractivity contribution in [1.82, 2.24) is 0 Å². The monoisotopic (exact) mass is 182 g/mol. The summed E-state index contributed by atoms with van der Waals surface area (Å²) in [6, 6.07) is 0. The van der Waals surface area contributed by atoms with Crippen LogP contribution in [-0.4, -0.2) is 66.5 Å². The van der Waals surface area contributed by atoms with Crippen molar-refractivity contribution in [3.05, 3.63) is 0 Å². The molecule has 0 aliphatic rings. The summed E-state index contributed by atoms with van der Waals surface area (Å²) < 4.78 is 0. The summed E-state index contributed by atoms with van der Waals surface area (Å²) in [5, 5.41) is 39.9. The zero-order chi connectivity index (χ0) is 11.1. The van der Waals surface area contributed by atoms with Crippen LogP contribution in [0.1, 0.15) is 0 Å². The molecule has 0 aromatic rings. The van der Waals surface area contributed by atoms with Crippen LogP contribution < -0.4 is 0 Å². The van der Waals surface area contributed by atoms with Gasteiger partial charge in [-0.3, -0.25) is 4.79 Å². The number of rotatable bonds is 3. The molecular weight excluding hydrogens is 176 g/mol. The number of hydrogen-bond acceptors (Lipinski definition) is 5. The van der Waals surface area contributed by atoms with Crippen molar-refractivity contribution in [2.24, 2.45) is 0 Å². The Balaban J connectivity index is 5.16. The van der Waals surface area contributed by atoms with Gasteiger partial charge in [0.2, 0.25) is 5.79 Å². The van der Waals surface area contributed by atoms with Gasteiger partial charge in [0, 0.05) is 5.21 Å². The van der Waals surface area contributed by atoms with Crippen LogP contribution in [0.4, 0.5) is 0 Å². The molecule has 0 aliphatic carbocycles. The molecule has 0 aromatic heterocycles. The number of aliphatic carboxylic acids is 1. The molecule has 0 bridgehead atoms. The van der Waals surface area contributed by atoms with Crippen LogP contribution in [0.5, 0.6) is 0 Å². The van der Waals surface area contributed by atoms with Gasteiger partial charge < -0.3 is 25.5 Å². The van der Waals surface area contributed by atoms with E-state index in [2.05, 4.69) is 7.85 Å². The summed E-state index contributed by atoms with van der Waals surface area (Å²) in [4.78, 5) is 10.3. The topological polar surface area (TPSA) is 118 Å². The molecular formula is C4H5B3O6. The van der Waals surface area contributed by atoms with E-state index in [4.69, 9.17) is 41.2 Å². The molecule has 0 unspecified atom stereocenters. The predicted molar refractivity (Wildman–Crippen MR) is 41.9 cm³/mol. The highest BCUT2D eigenvalue weighted by molar-refractivity contribution is 6.51. The maximum atomic E-state index is 10.3. The van der Waals surface area contributed by atoms with Gasteiger partial charge in [-0.05, 0) is 0 Å². The molecule has 0 atom stereocenters. The second kappa shape index (κ2) is 3.02. The second-order valence-electron chi connectivity index (χ2n) is 2.57. The van der Waals surface area contributed by atoms with E-state index >= 15 is 0 Å². The lowest BCUT2D eigenvalue weighted by molar-refractivity contribution is -0.320. The lowest BCUT2D eigenvalue weighted by atomic mass is 9.46. The number of carboxylic acid groups (broad SMARTS) is 1. The Bertz CT molecular complexity index is 218. The second-order valence-corrected chi connectivity index (χ2v) is 2.57. The van der Waals surface area contributed by atoms with Crippen molar-refractivity contribution in [2.75, 3.05) is 0 Å². The Morgan fingerprint density at radius 3 is 1.38 bits per heavy atom. The molecule has 0 aliphatic heterocycles. The number of aliphatic hydroxyl groups is 4. The quantitative estimate of drug-likeness (QED) is 0.224. The molecule has 0 heterocycles. The average Bonchev–Trinajstić information content (AvgIpc) is 1.84. The molecule has 0 saturated carbocycles. The molecule has 5 N–H and O–H groups in total. The predicted octanol–water partition coefficient (Wildman–Crippen LogP) is -3.99. The maximum absolute atomic E-state index is 10.3. The van der Waals surface area contributed by atoms with Crippen LogP contribution in [0, 0.1) is 0 Å². The van der Waals surface area contributed by atoms with Crippen LogP contribution in [0.25, 0.3) is 0 Å². The molecule has 6 nitrogen and oxygen atoms in total. The molecule has 9 heteroatoms. The highest BCUT2D eigenvalue weighted by Crippen LogP contribution is 2.35. The third-order valence-corrected chi connectivity index (χ3v) is 1.44. The molecule has 0 spiro atoms. The maximum Gasteiger partial charge on any atom is 0.297 e. The van der Waals surface area contributed by atoms with E-state index in [1.54, 1.807) is 0 Å². The first kappa shape index (κ1) is 12.5. The summed E-state index contributed by atoms with van der Waals surface area (Å²) in [6.45, 7) is 0. The van der Waals surface area contributed by atoms with E-state index in [0.29, 0.717) is 0 Å². The van der Waals surface area contributed by atoms with E-state index in [1.807, 2.05) is 0 Å². The first-order valence-corrected chi connectivity index (χ1v) is 2.94. The fourth-order valence-electron chi connectivity index (χ4n) is 0.454. The average molecular weight is 182 g/mol. The third-order valence-electron chi connectivity index (χ3n) is 1.44. The standard InChI is InChI=1S/C4H5B3O6/c5-2(6,1(8)9)3(10,11)4(7,12)13/h10-13H,(H,8,9). The summed E-state index contributed by atoms with van der Waals surface area (Å²) in [5.41, 5.74) is -3.66. The van der Waals surface area contributed by atoms with E-state index in [9.17, 15) is 4.79 Å². The van der Waals surface area contributed by atoms with Gasteiger partial charge in [-0.25, -0.2) is 0 Å². The Morgan fingerprint density at radius 2 is 1.31 bits per heavy atom. The highest BCUT2D eigenvalue weighted by atomic mass is 16.6. The van der Waals surface area contributed by atoms with E-state index in [-0.39, 0.29) is 0 Å². The van der Waals surface area contributed by atoms with Crippen molar-refractivity contribution in [1.29, 1.82) is 0 Å². The molecule has 0 aromatic carbocycles. The SMILES string of the molecule is [B]C(O)(O)C(O)(O)C([B])([B])C(=O)O. The van der Waals surface area contributed by atoms with Crippen molar-refractivity contribution >= 4 is 29.5 Å². The minimum absolute atomic E-state index is 2.07. The van der Waals surface area contributed by atoms with Crippen LogP contribution in [0.2, 0.25) is 5.21 Å². The molecule has 13 heavy (non-hydrogen) atoms. The Morgan fingerprint density at radius 1 is 1.00 bits per heavy atom. The molecule has 6 radical (unpaired) electrons. The zero-order valence-corrected chi connectivity index (χ0v) is 6.38. The Hall–Kier alpha value is -0.495. The van der Waals surface area contributed by atoms with Crippen molar-refractivity contribution in [3.8, 4) is 0 Å². The first-order valence-electron chi connectivity index (χ1n) is 2.94. The Kier molecular flexibility index (Phi) is 2.90. The molecule has 0 amide bonds. The van der Waals surface area contributed by atoms with Gasteiger partial charge >= 0.3 is 0 Å². The van der Waals surface area contributed by atoms with E-state index in [1.165, 1.54) is 0 Å². The fraction of sp³-hybridized carbons (Fsp3) is 0.750. The van der Waals surface area contributed by atoms with Crippen molar-refractivity contribution < 1.29 is 30.3 Å². The van der Waals surface area contributed by atoms with Gasteiger partial charge in [-0.15, -0.1) is 0 Å². The minimum Gasteiger partial charge on any atom is -0.482 e. The molecule has 0 fully saturated rings. The smallest absolute Gasteiger partial charge is 0.297 e. The number of hydrogen-bond donors (Lipinski definition) is 5. The van der Waals surface area contributed by atoms with Crippen LogP contribution in [0.3, 0.4) is 0 Å². The van der Waals surface area contributed by atoms with Gasteiger partial charge in [0.1, 0.15) is 0 Å². The van der Waals surface area contributed by atoms with Crippen molar-refractivity contribution in [2.45, 2.75) is 16.7 Å².